The van der Waals surface area contributed by atoms with Gasteiger partial charge in [0, 0.05) is 6.92 Å². The van der Waals surface area contributed by atoms with Crippen LogP contribution in [0.3, 0.4) is 0 Å². The second kappa shape index (κ2) is 10.4. The topological polar surface area (TPSA) is 66.8 Å². The molecule has 2 N–H and O–H groups in total. The summed E-state index contributed by atoms with van der Waals surface area (Å²) in [6.07, 6.45) is 7.46. The van der Waals surface area contributed by atoms with Crippen molar-refractivity contribution < 1.29 is 19.7 Å². The van der Waals surface area contributed by atoms with Gasteiger partial charge in [-0.25, -0.2) is 0 Å². The van der Waals surface area contributed by atoms with Crippen molar-refractivity contribution in [2.75, 3.05) is 6.61 Å². The highest BCUT2D eigenvalue weighted by Crippen LogP contribution is 2.10. The zero-order chi connectivity index (χ0) is 15.5. The summed E-state index contributed by atoms with van der Waals surface area (Å²) in [7, 11) is 0. The second-order valence-corrected chi connectivity index (χ2v) is 4.91. The molecule has 4 heteroatoms. The number of allylic oxidation sites excluding steroid dienone is 2. The minimum absolute atomic E-state index is 0.280. The third-order valence-electron chi connectivity index (χ3n) is 2.76. The van der Waals surface area contributed by atoms with E-state index in [0.29, 0.717) is 6.61 Å². The van der Waals surface area contributed by atoms with Crippen LogP contribution in [-0.4, -0.2) is 35.0 Å². The van der Waals surface area contributed by atoms with Gasteiger partial charge in [-0.3, -0.25) is 4.79 Å². The third kappa shape index (κ3) is 10.5. The molecule has 0 aromatic rings. The lowest BCUT2D eigenvalue weighted by atomic mass is 10.1. The van der Waals surface area contributed by atoms with Crippen LogP contribution >= 0.6 is 0 Å². The van der Waals surface area contributed by atoms with E-state index in [2.05, 4.69) is 0 Å². The minimum Gasteiger partial charge on any atom is -0.462 e. The minimum atomic E-state index is -0.657. The summed E-state index contributed by atoms with van der Waals surface area (Å²) >= 11 is 0. The van der Waals surface area contributed by atoms with E-state index in [1.165, 1.54) is 6.92 Å². The molecule has 0 spiro atoms. The summed E-state index contributed by atoms with van der Waals surface area (Å²) in [5.41, 5.74) is 2.00. The van der Waals surface area contributed by atoms with Gasteiger partial charge < -0.3 is 14.9 Å². The monoisotopic (exact) mass is 282 g/mol. The van der Waals surface area contributed by atoms with Crippen LogP contribution in [0.2, 0.25) is 0 Å². The zero-order valence-electron chi connectivity index (χ0n) is 12.8. The summed E-state index contributed by atoms with van der Waals surface area (Å²) in [6.45, 7) is 7.17. The number of esters is 1. The molecule has 0 rings (SSSR count). The SMILES string of the molecule is CC(=O)OC/C=C(\C)CC/C=C(\C)C(O)/C=C/C(C)O. The first-order valence-corrected chi connectivity index (χ1v) is 6.83. The molecular formula is C16H26O4. The Bertz CT molecular complexity index is 378. The van der Waals surface area contributed by atoms with Crippen LogP contribution in [0.25, 0.3) is 0 Å². The van der Waals surface area contributed by atoms with Crippen LogP contribution in [0.5, 0.6) is 0 Å². The van der Waals surface area contributed by atoms with Crippen LogP contribution in [0.15, 0.2) is 35.5 Å². The van der Waals surface area contributed by atoms with Crippen molar-refractivity contribution in [1.29, 1.82) is 0 Å². The standard InChI is InChI=1S/C16H26O4/c1-12(10-11-20-15(4)18)6-5-7-13(2)16(19)9-8-14(3)17/h7-10,14,16-17,19H,5-6,11H2,1-4H3/b9-8+,12-10+,13-7+. The Morgan fingerprint density at radius 3 is 2.35 bits per heavy atom. The van der Waals surface area contributed by atoms with Crippen LogP contribution in [0.1, 0.15) is 40.5 Å². The van der Waals surface area contributed by atoms with E-state index in [1.54, 1.807) is 19.1 Å². The molecule has 114 valence electrons. The average molecular weight is 282 g/mol. The molecule has 0 radical (unpaired) electrons. The summed E-state index contributed by atoms with van der Waals surface area (Å²) in [4.78, 5) is 10.6. The van der Waals surface area contributed by atoms with E-state index in [-0.39, 0.29) is 5.97 Å². The summed E-state index contributed by atoms with van der Waals surface area (Å²) in [6, 6.07) is 0. The van der Waals surface area contributed by atoms with Gasteiger partial charge in [0.1, 0.15) is 6.61 Å². The van der Waals surface area contributed by atoms with E-state index in [1.807, 2.05) is 26.0 Å². The molecule has 0 aromatic heterocycles. The first-order valence-electron chi connectivity index (χ1n) is 6.83. The van der Waals surface area contributed by atoms with Crippen molar-refractivity contribution in [2.45, 2.75) is 52.7 Å². The Labute approximate surface area is 121 Å². The summed E-state index contributed by atoms with van der Waals surface area (Å²) in [5.74, 6) is -0.280. The Balaban J connectivity index is 4.12. The molecule has 0 aromatic carbocycles. The maximum absolute atomic E-state index is 10.6. The number of aliphatic hydroxyl groups excluding tert-OH is 2. The largest absolute Gasteiger partial charge is 0.462 e. The number of carbonyl (C=O) groups excluding carboxylic acids is 1. The van der Waals surface area contributed by atoms with Gasteiger partial charge in [-0.05, 0) is 45.3 Å². The summed E-state index contributed by atoms with van der Waals surface area (Å²) < 4.78 is 4.83. The molecule has 0 bridgehead atoms. The van der Waals surface area contributed by atoms with Crippen LogP contribution in [-0.2, 0) is 9.53 Å². The third-order valence-corrected chi connectivity index (χ3v) is 2.76. The number of ether oxygens (including phenoxy) is 1. The predicted octanol–water partition coefficient (Wildman–Crippen LogP) is 2.52. The lowest BCUT2D eigenvalue weighted by Crippen LogP contribution is -2.05. The fraction of sp³-hybridized carbons (Fsp3) is 0.562. The number of rotatable bonds is 8. The molecule has 2 atom stereocenters. The van der Waals surface area contributed by atoms with Crippen LogP contribution < -0.4 is 0 Å². The Morgan fingerprint density at radius 1 is 1.15 bits per heavy atom. The first-order chi connectivity index (χ1) is 9.32. The van der Waals surface area contributed by atoms with Crippen molar-refractivity contribution in [2.24, 2.45) is 0 Å². The van der Waals surface area contributed by atoms with E-state index < -0.39 is 12.2 Å². The highest BCUT2D eigenvalue weighted by Gasteiger charge is 2.01. The quantitative estimate of drug-likeness (QED) is 0.530. The van der Waals surface area contributed by atoms with Gasteiger partial charge in [0.2, 0.25) is 0 Å². The molecule has 2 unspecified atom stereocenters. The Kier molecular flexibility index (Phi) is 9.68. The molecule has 4 nitrogen and oxygen atoms in total. The summed E-state index contributed by atoms with van der Waals surface area (Å²) in [5, 5.41) is 18.9. The van der Waals surface area contributed by atoms with Crippen molar-refractivity contribution >= 4 is 5.97 Å². The van der Waals surface area contributed by atoms with Crippen molar-refractivity contribution in [3.8, 4) is 0 Å². The van der Waals surface area contributed by atoms with Gasteiger partial charge in [0.05, 0.1) is 12.2 Å². The van der Waals surface area contributed by atoms with Crippen molar-refractivity contribution in [3.63, 3.8) is 0 Å². The van der Waals surface area contributed by atoms with Gasteiger partial charge >= 0.3 is 5.97 Å². The smallest absolute Gasteiger partial charge is 0.302 e. The molecule has 20 heavy (non-hydrogen) atoms. The lowest BCUT2D eigenvalue weighted by Gasteiger charge is -2.07. The fourth-order valence-corrected chi connectivity index (χ4v) is 1.47. The Morgan fingerprint density at radius 2 is 1.80 bits per heavy atom. The highest BCUT2D eigenvalue weighted by molar-refractivity contribution is 5.66. The predicted molar refractivity (Wildman–Crippen MR) is 80.2 cm³/mol. The van der Waals surface area contributed by atoms with Crippen LogP contribution in [0.4, 0.5) is 0 Å². The van der Waals surface area contributed by atoms with Gasteiger partial charge in [0.15, 0.2) is 0 Å². The van der Waals surface area contributed by atoms with Crippen molar-refractivity contribution in [1.82, 2.24) is 0 Å². The molecule has 0 aliphatic carbocycles. The molecule has 0 heterocycles. The van der Waals surface area contributed by atoms with E-state index >= 15 is 0 Å². The van der Waals surface area contributed by atoms with Crippen LogP contribution in [0, 0.1) is 0 Å². The molecule has 0 fully saturated rings. The number of hydrogen-bond donors (Lipinski definition) is 2. The number of carbonyl (C=O) groups is 1. The van der Waals surface area contributed by atoms with Crippen molar-refractivity contribution in [3.05, 3.63) is 35.5 Å². The fourth-order valence-electron chi connectivity index (χ4n) is 1.47. The Hall–Kier alpha value is -1.39. The molecular weight excluding hydrogens is 256 g/mol. The van der Waals surface area contributed by atoms with Gasteiger partial charge in [-0.15, -0.1) is 0 Å². The lowest BCUT2D eigenvalue weighted by molar-refractivity contribution is -0.139. The number of hydrogen-bond acceptors (Lipinski definition) is 4. The van der Waals surface area contributed by atoms with E-state index in [9.17, 15) is 9.90 Å². The molecule has 0 saturated carbocycles. The molecule has 0 aliphatic rings. The zero-order valence-corrected chi connectivity index (χ0v) is 12.8. The molecule has 0 amide bonds. The maximum Gasteiger partial charge on any atom is 0.302 e. The molecule has 0 aliphatic heterocycles. The normalized spacial score (nSPS) is 16.3. The van der Waals surface area contributed by atoms with Gasteiger partial charge in [-0.1, -0.05) is 23.8 Å². The second-order valence-electron chi connectivity index (χ2n) is 4.91. The van der Waals surface area contributed by atoms with E-state index in [4.69, 9.17) is 9.84 Å². The highest BCUT2D eigenvalue weighted by atomic mass is 16.5. The average Bonchev–Trinajstić information content (AvgIpc) is 2.35. The number of aliphatic hydroxyl groups is 2. The van der Waals surface area contributed by atoms with Gasteiger partial charge in [-0.2, -0.15) is 0 Å². The molecule has 0 saturated heterocycles. The maximum atomic E-state index is 10.6. The van der Waals surface area contributed by atoms with E-state index in [0.717, 1.165) is 24.0 Å². The first kappa shape index (κ1) is 18.6. The van der Waals surface area contributed by atoms with Gasteiger partial charge in [0.25, 0.3) is 0 Å².